The molecule has 0 spiro atoms. The number of methoxy groups -OCH3 is 2. The highest BCUT2D eigenvalue weighted by Gasteiger charge is 2.19. The van der Waals surface area contributed by atoms with E-state index in [2.05, 4.69) is 0 Å². The van der Waals surface area contributed by atoms with Gasteiger partial charge in [0.05, 0.1) is 19.8 Å². The highest BCUT2D eigenvalue weighted by Crippen LogP contribution is 2.42. The molecule has 0 atom stereocenters. The normalized spacial score (nSPS) is 10.5. The van der Waals surface area contributed by atoms with E-state index in [4.69, 9.17) is 19.9 Å². The molecule has 21 heavy (non-hydrogen) atoms. The quantitative estimate of drug-likeness (QED) is 0.847. The summed E-state index contributed by atoms with van der Waals surface area (Å²) in [5, 5.41) is 0. The summed E-state index contributed by atoms with van der Waals surface area (Å²) in [5.74, 6) is 0.994. The number of ether oxygens (including phenoxy) is 3. The second kappa shape index (κ2) is 6.30. The molecule has 2 aromatic carbocycles. The van der Waals surface area contributed by atoms with E-state index in [0.717, 1.165) is 0 Å². The van der Waals surface area contributed by atoms with Crippen LogP contribution in [0.15, 0.2) is 36.4 Å². The summed E-state index contributed by atoms with van der Waals surface area (Å²) in [7, 11) is 2.91. The Labute approximate surface area is 121 Å². The first kappa shape index (κ1) is 14.9. The van der Waals surface area contributed by atoms with Crippen molar-refractivity contribution in [3.05, 3.63) is 42.0 Å². The van der Waals surface area contributed by atoms with Crippen LogP contribution in [0.4, 0.5) is 14.5 Å². The molecule has 2 rings (SSSR count). The number of para-hydroxylation sites is 1. The number of nitrogens with two attached hydrogens (primary N) is 1. The topological polar surface area (TPSA) is 53.7 Å². The van der Waals surface area contributed by atoms with Crippen molar-refractivity contribution in [1.82, 2.24) is 0 Å². The SMILES string of the molecule is COc1cccc(OC)c1Oc1ccc(N)cc1C(F)F. The molecule has 0 heterocycles. The number of anilines is 1. The lowest BCUT2D eigenvalue weighted by Crippen LogP contribution is -1.98. The molecule has 2 N–H and O–H groups in total. The van der Waals surface area contributed by atoms with Gasteiger partial charge in [-0.3, -0.25) is 0 Å². The van der Waals surface area contributed by atoms with Crippen LogP contribution in [-0.4, -0.2) is 14.2 Å². The lowest BCUT2D eigenvalue weighted by molar-refractivity contribution is 0.148. The minimum absolute atomic E-state index is 0.00185. The molecule has 0 fully saturated rings. The minimum Gasteiger partial charge on any atom is -0.493 e. The van der Waals surface area contributed by atoms with Crippen LogP contribution in [-0.2, 0) is 0 Å². The zero-order chi connectivity index (χ0) is 15.4. The lowest BCUT2D eigenvalue weighted by atomic mass is 10.2. The molecular weight excluding hydrogens is 280 g/mol. The highest BCUT2D eigenvalue weighted by atomic mass is 19.3. The van der Waals surface area contributed by atoms with Crippen LogP contribution in [0.25, 0.3) is 0 Å². The number of nitrogen functional groups attached to an aromatic ring is 1. The monoisotopic (exact) mass is 295 g/mol. The Hall–Kier alpha value is -2.50. The Morgan fingerprint density at radius 2 is 1.57 bits per heavy atom. The Morgan fingerprint density at radius 1 is 0.952 bits per heavy atom. The maximum absolute atomic E-state index is 13.1. The molecule has 6 heteroatoms. The van der Waals surface area contributed by atoms with Gasteiger partial charge in [0.2, 0.25) is 5.75 Å². The molecule has 0 aliphatic carbocycles. The predicted molar refractivity (Wildman–Crippen MR) is 75.4 cm³/mol. The van der Waals surface area contributed by atoms with Crippen molar-refractivity contribution >= 4 is 5.69 Å². The second-order valence-corrected chi connectivity index (χ2v) is 4.19. The molecular formula is C15H15F2NO3. The van der Waals surface area contributed by atoms with Gasteiger partial charge in [0.25, 0.3) is 6.43 Å². The Kier molecular flexibility index (Phi) is 4.47. The summed E-state index contributed by atoms with van der Waals surface area (Å²) in [6.07, 6.45) is -2.70. The first-order valence-electron chi connectivity index (χ1n) is 6.13. The fourth-order valence-electron chi connectivity index (χ4n) is 1.86. The van der Waals surface area contributed by atoms with Crippen molar-refractivity contribution in [2.75, 3.05) is 20.0 Å². The van der Waals surface area contributed by atoms with E-state index in [9.17, 15) is 8.78 Å². The van der Waals surface area contributed by atoms with Crippen LogP contribution in [0.2, 0.25) is 0 Å². The summed E-state index contributed by atoms with van der Waals surface area (Å²) in [6.45, 7) is 0. The first-order valence-corrected chi connectivity index (χ1v) is 6.13. The summed E-state index contributed by atoms with van der Waals surface area (Å²) >= 11 is 0. The van der Waals surface area contributed by atoms with Gasteiger partial charge in [-0.1, -0.05) is 6.07 Å². The number of hydrogen-bond acceptors (Lipinski definition) is 4. The van der Waals surface area contributed by atoms with Gasteiger partial charge >= 0.3 is 0 Å². The smallest absolute Gasteiger partial charge is 0.267 e. The molecule has 0 amide bonds. The fraction of sp³-hybridized carbons (Fsp3) is 0.200. The van der Waals surface area contributed by atoms with Gasteiger partial charge in [0.1, 0.15) is 5.75 Å². The van der Waals surface area contributed by atoms with Gasteiger partial charge in [-0.2, -0.15) is 0 Å². The third kappa shape index (κ3) is 3.16. The molecule has 112 valence electrons. The summed E-state index contributed by atoms with van der Waals surface area (Å²) in [6, 6.07) is 9.07. The standard InChI is InChI=1S/C15H15F2NO3/c1-19-12-4-3-5-13(20-2)14(12)21-11-7-6-9(18)8-10(11)15(16)17/h3-8,15H,18H2,1-2H3. The van der Waals surface area contributed by atoms with Crippen LogP contribution in [0.3, 0.4) is 0 Å². The van der Waals surface area contributed by atoms with Gasteiger partial charge in [0.15, 0.2) is 11.5 Å². The highest BCUT2D eigenvalue weighted by molar-refractivity contribution is 5.55. The molecule has 0 saturated carbocycles. The molecule has 0 aromatic heterocycles. The second-order valence-electron chi connectivity index (χ2n) is 4.19. The van der Waals surface area contributed by atoms with E-state index in [1.54, 1.807) is 18.2 Å². The molecule has 0 saturated heterocycles. The van der Waals surface area contributed by atoms with E-state index in [1.165, 1.54) is 32.4 Å². The van der Waals surface area contributed by atoms with Crippen molar-refractivity contribution in [3.63, 3.8) is 0 Å². The maximum Gasteiger partial charge on any atom is 0.267 e. The largest absolute Gasteiger partial charge is 0.493 e. The molecule has 4 nitrogen and oxygen atoms in total. The fourth-order valence-corrected chi connectivity index (χ4v) is 1.86. The summed E-state index contributed by atoms with van der Waals surface area (Å²) in [5.41, 5.74) is 5.48. The van der Waals surface area contributed by atoms with E-state index in [1.807, 2.05) is 0 Å². The van der Waals surface area contributed by atoms with E-state index in [0.29, 0.717) is 11.5 Å². The van der Waals surface area contributed by atoms with E-state index < -0.39 is 6.43 Å². The third-order valence-electron chi connectivity index (χ3n) is 2.86. The number of hydrogen-bond donors (Lipinski definition) is 1. The van der Waals surface area contributed by atoms with Crippen LogP contribution in [0.5, 0.6) is 23.0 Å². The predicted octanol–water partition coefficient (Wildman–Crippen LogP) is 4.02. The van der Waals surface area contributed by atoms with Crippen molar-refractivity contribution in [2.24, 2.45) is 0 Å². The average Bonchev–Trinajstić information content (AvgIpc) is 2.48. The Bertz CT molecular complexity index is 610. The van der Waals surface area contributed by atoms with Crippen molar-refractivity contribution in [2.45, 2.75) is 6.43 Å². The maximum atomic E-state index is 13.1. The number of rotatable bonds is 5. The summed E-state index contributed by atoms with van der Waals surface area (Å²) in [4.78, 5) is 0. The van der Waals surface area contributed by atoms with Gasteiger partial charge in [0, 0.05) is 5.69 Å². The zero-order valence-electron chi connectivity index (χ0n) is 11.6. The minimum atomic E-state index is -2.70. The van der Waals surface area contributed by atoms with Crippen LogP contribution in [0.1, 0.15) is 12.0 Å². The molecule has 0 bridgehead atoms. The van der Waals surface area contributed by atoms with Crippen molar-refractivity contribution in [3.8, 4) is 23.0 Å². The molecule has 2 aromatic rings. The average molecular weight is 295 g/mol. The summed E-state index contributed by atoms with van der Waals surface area (Å²) < 4.78 is 42.1. The number of benzene rings is 2. The molecule has 0 radical (unpaired) electrons. The molecule has 0 aliphatic heterocycles. The van der Waals surface area contributed by atoms with Gasteiger partial charge in [-0.25, -0.2) is 8.78 Å². The van der Waals surface area contributed by atoms with E-state index in [-0.39, 0.29) is 22.7 Å². The van der Waals surface area contributed by atoms with Crippen molar-refractivity contribution in [1.29, 1.82) is 0 Å². The Morgan fingerprint density at radius 3 is 2.10 bits per heavy atom. The molecule has 0 unspecified atom stereocenters. The van der Waals surface area contributed by atoms with Gasteiger partial charge in [-0.05, 0) is 30.3 Å². The molecule has 0 aliphatic rings. The van der Waals surface area contributed by atoms with Gasteiger partial charge in [-0.15, -0.1) is 0 Å². The Balaban J connectivity index is 2.47. The number of halogens is 2. The van der Waals surface area contributed by atoms with Crippen LogP contribution in [0, 0.1) is 0 Å². The van der Waals surface area contributed by atoms with Crippen molar-refractivity contribution < 1.29 is 23.0 Å². The number of alkyl halides is 2. The van der Waals surface area contributed by atoms with Gasteiger partial charge < -0.3 is 19.9 Å². The van der Waals surface area contributed by atoms with E-state index >= 15 is 0 Å². The van der Waals surface area contributed by atoms with Crippen LogP contribution < -0.4 is 19.9 Å². The first-order chi connectivity index (χ1) is 10.1. The third-order valence-corrected chi connectivity index (χ3v) is 2.86. The van der Waals surface area contributed by atoms with Crippen LogP contribution >= 0.6 is 0 Å². The lowest BCUT2D eigenvalue weighted by Gasteiger charge is -2.16. The zero-order valence-corrected chi connectivity index (χ0v) is 11.6.